The fraction of sp³-hybridized carbons (Fsp3) is 0.280. The Bertz CT molecular complexity index is 1380. The van der Waals surface area contributed by atoms with Crippen molar-refractivity contribution in [3.63, 3.8) is 0 Å². The van der Waals surface area contributed by atoms with Crippen molar-refractivity contribution < 1.29 is 14.6 Å². The molecule has 1 aliphatic rings. The minimum Gasteiger partial charge on any atom is -0.465 e. The molecule has 0 radical (unpaired) electrons. The summed E-state index contributed by atoms with van der Waals surface area (Å²) >= 11 is 6.19. The predicted octanol–water partition coefficient (Wildman–Crippen LogP) is 4.96. The van der Waals surface area contributed by atoms with E-state index in [1.807, 2.05) is 47.0 Å². The number of ether oxygens (including phenoxy) is 1. The largest absolute Gasteiger partial charge is 0.465 e. The smallest absolute Gasteiger partial charge is 0.404 e. The van der Waals surface area contributed by atoms with Gasteiger partial charge in [0.25, 0.3) is 0 Å². The fourth-order valence-electron chi connectivity index (χ4n) is 4.12. The molecule has 0 atom stereocenters. The molecule has 0 unspecified atom stereocenters. The molecule has 10 nitrogen and oxygen atoms in total. The number of anilines is 3. The maximum Gasteiger partial charge on any atom is 0.404 e. The normalized spacial score (nSPS) is 14.9. The molecule has 1 saturated heterocycles. The number of benzene rings is 2. The van der Waals surface area contributed by atoms with Crippen LogP contribution in [0.3, 0.4) is 0 Å². The highest BCUT2D eigenvalue weighted by molar-refractivity contribution is 6.30. The van der Waals surface area contributed by atoms with Crippen LogP contribution < -0.4 is 16.0 Å². The van der Waals surface area contributed by atoms with E-state index in [1.54, 1.807) is 12.3 Å². The summed E-state index contributed by atoms with van der Waals surface area (Å²) < 4.78 is 7.42. The van der Waals surface area contributed by atoms with Crippen molar-refractivity contribution in [2.45, 2.75) is 31.8 Å². The SMILES string of the molecule is CC1(Nc2ncc3nc(Nc4cccc(Cl)c4)n(-c4ccc(CNC(=O)O)cc4)c3n2)CCOCC1. The maximum atomic E-state index is 10.8. The van der Waals surface area contributed by atoms with Crippen molar-refractivity contribution in [3.05, 3.63) is 65.3 Å². The summed E-state index contributed by atoms with van der Waals surface area (Å²) in [5, 5.41) is 18.7. The lowest BCUT2D eigenvalue weighted by Crippen LogP contribution is -2.41. The van der Waals surface area contributed by atoms with Crippen LogP contribution in [0.2, 0.25) is 5.02 Å². The Balaban J connectivity index is 1.54. The van der Waals surface area contributed by atoms with Gasteiger partial charge in [-0.3, -0.25) is 4.57 Å². The highest BCUT2D eigenvalue weighted by Crippen LogP contribution is 2.29. The van der Waals surface area contributed by atoms with Crippen LogP contribution in [-0.4, -0.2) is 49.5 Å². The van der Waals surface area contributed by atoms with Crippen LogP contribution in [0, 0.1) is 0 Å². The van der Waals surface area contributed by atoms with Crippen molar-refractivity contribution in [3.8, 4) is 5.69 Å². The van der Waals surface area contributed by atoms with Gasteiger partial charge in [0.15, 0.2) is 5.65 Å². The first kappa shape index (κ1) is 23.8. The van der Waals surface area contributed by atoms with Gasteiger partial charge in [-0.05, 0) is 55.7 Å². The molecule has 2 aromatic heterocycles. The lowest BCUT2D eigenvalue weighted by atomic mass is 9.93. The van der Waals surface area contributed by atoms with Gasteiger partial charge in [0.1, 0.15) is 5.52 Å². The Morgan fingerprint density at radius 1 is 1.17 bits per heavy atom. The number of fused-ring (bicyclic) bond motifs is 1. The van der Waals surface area contributed by atoms with Gasteiger partial charge in [-0.15, -0.1) is 0 Å². The summed E-state index contributed by atoms with van der Waals surface area (Å²) in [6, 6.07) is 14.9. The second-order valence-corrected chi connectivity index (χ2v) is 9.37. The molecule has 186 valence electrons. The zero-order chi connectivity index (χ0) is 25.1. The molecule has 5 rings (SSSR count). The Hall–Kier alpha value is -3.89. The first-order valence-corrected chi connectivity index (χ1v) is 12.0. The van der Waals surface area contributed by atoms with Crippen LogP contribution in [0.1, 0.15) is 25.3 Å². The average molecular weight is 508 g/mol. The molecular formula is C25H26ClN7O3. The third-order valence-corrected chi connectivity index (χ3v) is 6.36. The Kier molecular flexibility index (Phi) is 6.62. The highest BCUT2D eigenvalue weighted by Gasteiger charge is 2.28. The fourth-order valence-corrected chi connectivity index (χ4v) is 4.31. The number of nitrogens with zero attached hydrogens (tertiary/aromatic N) is 4. The van der Waals surface area contributed by atoms with Crippen molar-refractivity contribution in [2.75, 3.05) is 23.8 Å². The number of hydrogen-bond donors (Lipinski definition) is 4. The number of nitrogens with one attached hydrogen (secondary N) is 3. The second-order valence-electron chi connectivity index (χ2n) is 8.93. The third-order valence-electron chi connectivity index (χ3n) is 6.13. The van der Waals surface area contributed by atoms with Crippen molar-refractivity contribution in [1.82, 2.24) is 24.8 Å². The topological polar surface area (TPSA) is 126 Å². The number of carbonyl (C=O) groups is 1. The van der Waals surface area contributed by atoms with Crippen LogP contribution in [0.15, 0.2) is 54.7 Å². The van der Waals surface area contributed by atoms with Crippen molar-refractivity contribution in [2.24, 2.45) is 0 Å². The number of aromatic nitrogens is 4. The maximum absolute atomic E-state index is 10.8. The summed E-state index contributed by atoms with van der Waals surface area (Å²) in [5.74, 6) is 1.07. The number of hydrogen-bond acceptors (Lipinski definition) is 7. The Labute approximate surface area is 212 Å². The van der Waals surface area contributed by atoms with E-state index in [-0.39, 0.29) is 12.1 Å². The van der Waals surface area contributed by atoms with E-state index in [1.165, 1.54) is 0 Å². The molecule has 4 N–H and O–H groups in total. The Morgan fingerprint density at radius 3 is 2.67 bits per heavy atom. The lowest BCUT2D eigenvalue weighted by Gasteiger charge is -2.34. The number of amides is 1. The minimum absolute atomic E-state index is 0.155. The van der Waals surface area contributed by atoms with Crippen LogP contribution in [-0.2, 0) is 11.3 Å². The molecule has 0 spiro atoms. The molecular weight excluding hydrogens is 482 g/mol. The number of imidazole rings is 1. The highest BCUT2D eigenvalue weighted by atomic mass is 35.5. The summed E-state index contributed by atoms with van der Waals surface area (Å²) in [5.41, 5.74) is 3.52. The van der Waals surface area contributed by atoms with E-state index in [2.05, 4.69) is 27.9 Å². The van der Waals surface area contributed by atoms with E-state index in [9.17, 15) is 4.79 Å². The van der Waals surface area contributed by atoms with Crippen LogP contribution >= 0.6 is 11.6 Å². The van der Waals surface area contributed by atoms with Gasteiger partial charge in [-0.25, -0.2) is 14.8 Å². The summed E-state index contributed by atoms with van der Waals surface area (Å²) in [6.45, 7) is 3.75. The summed E-state index contributed by atoms with van der Waals surface area (Å²) in [4.78, 5) is 24.9. The monoisotopic (exact) mass is 507 g/mol. The van der Waals surface area contributed by atoms with Crippen molar-refractivity contribution in [1.29, 1.82) is 0 Å². The molecule has 1 amide bonds. The van der Waals surface area contributed by atoms with Gasteiger partial charge in [0.05, 0.1) is 11.9 Å². The van der Waals surface area contributed by atoms with E-state index in [0.717, 1.165) is 29.8 Å². The molecule has 0 saturated carbocycles. The number of halogens is 1. The molecule has 0 bridgehead atoms. The molecule has 1 fully saturated rings. The molecule has 36 heavy (non-hydrogen) atoms. The number of carboxylic acid groups (broad SMARTS) is 1. The van der Waals surface area contributed by atoms with Crippen molar-refractivity contribution >= 4 is 46.4 Å². The van der Waals surface area contributed by atoms with E-state index >= 15 is 0 Å². The quantitative estimate of drug-likeness (QED) is 0.276. The second kappa shape index (κ2) is 10.00. The minimum atomic E-state index is -1.07. The predicted molar refractivity (Wildman–Crippen MR) is 138 cm³/mol. The van der Waals surface area contributed by atoms with E-state index in [0.29, 0.717) is 41.3 Å². The first-order chi connectivity index (χ1) is 17.4. The standard InChI is InChI=1S/C25H26ClN7O3/c1-25(9-11-36-12-10-25)32-22-27-15-20-21(31-22)33(19-7-5-16(6-8-19)14-28-24(34)35)23(30-20)29-18-4-2-3-17(26)13-18/h2-8,13,15,28H,9-12,14H2,1H3,(H,29,30)(H,34,35)(H,27,31,32). The first-order valence-electron chi connectivity index (χ1n) is 11.6. The van der Waals surface area contributed by atoms with Gasteiger partial charge in [-0.1, -0.05) is 29.8 Å². The van der Waals surface area contributed by atoms with Gasteiger partial charge >= 0.3 is 6.09 Å². The van der Waals surface area contributed by atoms with E-state index in [4.69, 9.17) is 31.4 Å². The summed E-state index contributed by atoms with van der Waals surface area (Å²) in [7, 11) is 0. The lowest BCUT2D eigenvalue weighted by molar-refractivity contribution is 0.0656. The zero-order valence-corrected chi connectivity index (χ0v) is 20.4. The van der Waals surface area contributed by atoms with Crippen LogP contribution in [0.4, 0.5) is 22.4 Å². The third kappa shape index (κ3) is 5.34. The average Bonchev–Trinajstić information content (AvgIpc) is 3.20. The molecule has 11 heteroatoms. The van der Waals surface area contributed by atoms with E-state index < -0.39 is 6.09 Å². The van der Waals surface area contributed by atoms with Crippen LogP contribution in [0.5, 0.6) is 0 Å². The molecule has 3 heterocycles. The van der Waals surface area contributed by atoms with Crippen LogP contribution in [0.25, 0.3) is 16.9 Å². The molecule has 1 aliphatic heterocycles. The van der Waals surface area contributed by atoms with Gasteiger partial charge < -0.3 is 25.8 Å². The van der Waals surface area contributed by atoms with Gasteiger partial charge in [-0.2, -0.15) is 4.98 Å². The van der Waals surface area contributed by atoms with Gasteiger partial charge in [0, 0.05) is 36.0 Å². The number of rotatable bonds is 7. The Morgan fingerprint density at radius 2 is 1.94 bits per heavy atom. The zero-order valence-electron chi connectivity index (χ0n) is 19.7. The molecule has 4 aromatic rings. The molecule has 0 aliphatic carbocycles. The molecule has 2 aromatic carbocycles. The summed E-state index contributed by atoms with van der Waals surface area (Å²) in [6.07, 6.45) is 2.36. The van der Waals surface area contributed by atoms with Gasteiger partial charge in [0.2, 0.25) is 11.9 Å².